The number of hydrogen-bond acceptors (Lipinski definition) is 5. The Hall–Kier alpha value is -2.57. The number of ketones is 1. The summed E-state index contributed by atoms with van der Waals surface area (Å²) in [5.41, 5.74) is 8.10. The molecule has 0 unspecified atom stereocenters. The van der Waals surface area contributed by atoms with Crippen LogP contribution in [0.15, 0.2) is 59.8 Å². The number of piperidine rings is 1. The Balaban J connectivity index is 1.45. The molecule has 1 heterocycles. The minimum Gasteiger partial charge on any atom is -0.394 e. The lowest BCUT2D eigenvalue weighted by Gasteiger charge is -2.31. The van der Waals surface area contributed by atoms with E-state index in [0.29, 0.717) is 18.7 Å². The van der Waals surface area contributed by atoms with Gasteiger partial charge in [0.25, 0.3) is 0 Å². The van der Waals surface area contributed by atoms with E-state index in [1.165, 1.54) is 12.1 Å². The number of nitrogens with two attached hydrogens (primary N) is 1. The van der Waals surface area contributed by atoms with Crippen molar-refractivity contribution in [1.82, 2.24) is 4.90 Å². The number of carbonyl (C=O) groups excluding carboxylic acids is 1. The number of hydrogen-bond donors (Lipinski definition) is 1. The first-order chi connectivity index (χ1) is 14.7. The van der Waals surface area contributed by atoms with Crippen LogP contribution < -0.4 is 5.73 Å². The first kappa shape index (κ1) is 22.1. The van der Waals surface area contributed by atoms with Gasteiger partial charge in [-0.15, -0.1) is 0 Å². The van der Waals surface area contributed by atoms with E-state index in [0.717, 1.165) is 56.6 Å². The van der Waals surface area contributed by atoms with Gasteiger partial charge in [0.1, 0.15) is 12.4 Å². The molecule has 0 bridgehead atoms. The Kier molecular flexibility index (Phi) is 8.53. The van der Waals surface area contributed by atoms with E-state index in [1.807, 2.05) is 30.3 Å². The Morgan fingerprint density at radius 3 is 2.43 bits per heavy atom. The number of oxime groups is 1. The highest BCUT2D eigenvalue weighted by Crippen LogP contribution is 2.22. The summed E-state index contributed by atoms with van der Waals surface area (Å²) in [6.45, 7) is 3.61. The van der Waals surface area contributed by atoms with Crippen LogP contribution in [0.4, 0.5) is 4.39 Å². The molecule has 160 valence electrons. The number of rotatable bonds is 10. The van der Waals surface area contributed by atoms with Crippen LogP contribution in [0.2, 0.25) is 0 Å². The van der Waals surface area contributed by atoms with E-state index in [2.05, 4.69) is 10.1 Å². The van der Waals surface area contributed by atoms with Gasteiger partial charge in [-0.3, -0.25) is 4.79 Å². The standard InChI is InChI=1S/C24H30FN3O2/c25-22-10-8-20(9-11-22)24(29)21-12-16-28(17-13-21)15-4-7-23(27-30-18-14-26)19-5-2-1-3-6-19/h1-3,5-6,8-11,21H,4,7,12-18,26H2. The average Bonchev–Trinajstić information content (AvgIpc) is 2.79. The smallest absolute Gasteiger partial charge is 0.166 e. The third-order valence-electron chi connectivity index (χ3n) is 5.47. The van der Waals surface area contributed by atoms with Crippen molar-refractivity contribution < 1.29 is 14.0 Å². The molecule has 2 aromatic rings. The molecule has 0 aromatic heterocycles. The minimum atomic E-state index is -0.312. The number of Topliss-reactive ketones (excluding diaryl/α,β-unsaturated/α-hetero) is 1. The zero-order valence-electron chi connectivity index (χ0n) is 17.3. The van der Waals surface area contributed by atoms with Gasteiger partial charge in [-0.1, -0.05) is 35.5 Å². The zero-order chi connectivity index (χ0) is 21.2. The molecule has 1 fully saturated rings. The second kappa shape index (κ2) is 11.6. The molecule has 1 aliphatic heterocycles. The van der Waals surface area contributed by atoms with Gasteiger partial charge in [0, 0.05) is 18.0 Å². The van der Waals surface area contributed by atoms with Crippen LogP contribution in [0.3, 0.4) is 0 Å². The van der Waals surface area contributed by atoms with Crippen LogP contribution >= 0.6 is 0 Å². The van der Waals surface area contributed by atoms with Crippen LogP contribution in [0.25, 0.3) is 0 Å². The van der Waals surface area contributed by atoms with Crippen molar-refractivity contribution in [2.75, 3.05) is 32.8 Å². The molecular formula is C24H30FN3O2. The molecule has 0 saturated carbocycles. The fourth-order valence-electron chi connectivity index (χ4n) is 3.79. The Labute approximate surface area is 177 Å². The maximum atomic E-state index is 13.1. The van der Waals surface area contributed by atoms with Crippen molar-refractivity contribution in [2.24, 2.45) is 16.8 Å². The molecule has 0 radical (unpaired) electrons. The van der Waals surface area contributed by atoms with Crippen LogP contribution in [-0.4, -0.2) is 49.2 Å². The van der Waals surface area contributed by atoms with Gasteiger partial charge >= 0.3 is 0 Å². The summed E-state index contributed by atoms with van der Waals surface area (Å²) in [6.07, 6.45) is 3.48. The van der Waals surface area contributed by atoms with Crippen molar-refractivity contribution in [2.45, 2.75) is 25.7 Å². The summed E-state index contributed by atoms with van der Waals surface area (Å²) in [5, 5.41) is 4.29. The third-order valence-corrected chi connectivity index (χ3v) is 5.47. The van der Waals surface area contributed by atoms with Gasteiger partial charge in [-0.25, -0.2) is 4.39 Å². The molecule has 6 heteroatoms. The van der Waals surface area contributed by atoms with Crippen LogP contribution in [-0.2, 0) is 4.84 Å². The highest BCUT2D eigenvalue weighted by atomic mass is 19.1. The van der Waals surface area contributed by atoms with Crippen LogP contribution in [0.5, 0.6) is 0 Å². The molecule has 1 saturated heterocycles. The largest absolute Gasteiger partial charge is 0.394 e. The molecule has 2 N–H and O–H groups in total. The lowest BCUT2D eigenvalue weighted by Crippen LogP contribution is -2.37. The van der Waals surface area contributed by atoms with Gasteiger partial charge in [-0.2, -0.15) is 0 Å². The van der Waals surface area contributed by atoms with Crippen LogP contribution in [0, 0.1) is 11.7 Å². The fourth-order valence-corrected chi connectivity index (χ4v) is 3.79. The van der Waals surface area contributed by atoms with Crippen molar-refractivity contribution in [3.05, 3.63) is 71.5 Å². The summed E-state index contributed by atoms with van der Waals surface area (Å²) in [6, 6.07) is 15.9. The maximum Gasteiger partial charge on any atom is 0.166 e. The second-order valence-electron chi connectivity index (χ2n) is 7.62. The molecular weight excluding hydrogens is 381 g/mol. The number of nitrogens with zero attached hydrogens (tertiary/aromatic N) is 2. The Morgan fingerprint density at radius 1 is 1.07 bits per heavy atom. The van der Waals surface area contributed by atoms with Crippen molar-refractivity contribution in [1.29, 1.82) is 0 Å². The van der Waals surface area contributed by atoms with E-state index in [-0.39, 0.29) is 17.5 Å². The molecule has 0 aliphatic carbocycles. The van der Waals surface area contributed by atoms with Gasteiger partial charge in [0.05, 0.1) is 5.71 Å². The monoisotopic (exact) mass is 411 g/mol. The lowest BCUT2D eigenvalue weighted by atomic mass is 9.89. The molecule has 5 nitrogen and oxygen atoms in total. The summed E-state index contributed by atoms with van der Waals surface area (Å²) in [5.74, 6) is -0.156. The molecule has 0 amide bonds. The molecule has 30 heavy (non-hydrogen) atoms. The maximum absolute atomic E-state index is 13.1. The molecule has 0 spiro atoms. The zero-order valence-corrected chi connectivity index (χ0v) is 17.3. The Morgan fingerprint density at radius 2 is 1.77 bits per heavy atom. The average molecular weight is 412 g/mol. The van der Waals surface area contributed by atoms with E-state index in [9.17, 15) is 9.18 Å². The molecule has 1 aliphatic rings. The highest BCUT2D eigenvalue weighted by molar-refractivity contribution is 6.00. The van der Waals surface area contributed by atoms with E-state index in [1.54, 1.807) is 12.1 Å². The van der Waals surface area contributed by atoms with Crippen molar-refractivity contribution in [3.63, 3.8) is 0 Å². The lowest BCUT2D eigenvalue weighted by molar-refractivity contribution is 0.0839. The number of benzene rings is 2. The summed E-state index contributed by atoms with van der Waals surface area (Å²) < 4.78 is 13.1. The normalized spacial score (nSPS) is 15.9. The second-order valence-corrected chi connectivity index (χ2v) is 7.62. The number of halogens is 1. The topological polar surface area (TPSA) is 67.9 Å². The van der Waals surface area contributed by atoms with Crippen LogP contribution in [0.1, 0.15) is 41.6 Å². The summed E-state index contributed by atoms with van der Waals surface area (Å²) in [4.78, 5) is 20.3. The number of likely N-dealkylation sites (tertiary alicyclic amines) is 1. The van der Waals surface area contributed by atoms with Gasteiger partial charge in [0.15, 0.2) is 5.78 Å². The fraction of sp³-hybridized carbons (Fsp3) is 0.417. The summed E-state index contributed by atoms with van der Waals surface area (Å²) >= 11 is 0. The molecule has 3 rings (SSSR count). The van der Waals surface area contributed by atoms with Crippen molar-refractivity contribution >= 4 is 11.5 Å². The third kappa shape index (κ3) is 6.47. The van der Waals surface area contributed by atoms with E-state index < -0.39 is 0 Å². The number of carbonyl (C=O) groups is 1. The first-order valence-electron chi connectivity index (χ1n) is 10.6. The molecule has 2 aromatic carbocycles. The molecule has 0 atom stereocenters. The highest BCUT2D eigenvalue weighted by Gasteiger charge is 2.25. The van der Waals surface area contributed by atoms with Gasteiger partial charge in [0.2, 0.25) is 0 Å². The van der Waals surface area contributed by atoms with Crippen molar-refractivity contribution in [3.8, 4) is 0 Å². The van der Waals surface area contributed by atoms with Gasteiger partial charge < -0.3 is 15.5 Å². The van der Waals surface area contributed by atoms with E-state index >= 15 is 0 Å². The quantitative estimate of drug-likeness (QED) is 0.279. The van der Waals surface area contributed by atoms with E-state index in [4.69, 9.17) is 10.6 Å². The predicted molar refractivity (Wildman–Crippen MR) is 117 cm³/mol. The van der Waals surface area contributed by atoms with Gasteiger partial charge in [-0.05, 0) is 75.1 Å². The Bertz CT molecular complexity index is 816. The summed E-state index contributed by atoms with van der Waals surface area (Å²) in [7, 11) is 0. The minimum absolute atomic E-state index is 0.0258. The SMILES string of the molecule is NCCON=C(CCCN1CCC(C(=O)c2ccc(F)cc2)CC1)c1ccccc1. The first-order valence-corrected chi connectivity index (χ1v) is 10.6. The predicted octanol–water partition coefficient (Wildman–Crippen LogP) is 3.88.